The second-order valence-electron chi connectivity index (χ2n) is 3.25. The van der Waals surface area contributed by atoms with Crippen LogP contribution >= 0.6 is 15.9 Å². The van der Waals surface area contributed by atoms with Crippen molar-refractivity contribution >= 4 is 15.9 Å². The Balaban J connectivity index is 1.82. The minimum absolute atomic E-state index is 0.611. The van der Waals surface area contributed by atoms with Crippen molar-refractivity contribution in [2.45, 2.75) is 6.42 Å². The standard InChI is InChI=1S/C12H11BrN2O/c13-10-3-4-11(15-8-10)5-7-16-12-2-1-6-14-9-12/h1-4,6,8-9H,5,7H2. The molecule has 0 amide bonds. The zero-order chi connectivity index (χ0) is 11.2. The molecular formula is C12H11BrN2O. The highest BCUT2D eigenvalue weighted by Crippen LogP contribution is 2.09. The second kappa shape index (κ2) is 5.61. The monoisotopic (exact) mass is 278 g/mol. The van der Waals surface area contributed by atoms with Gasteiger partial charge < -0.3 is 4.74 Å². The molecule has 2 heterocycles. The topological polar surface area (TPSA) is 35.0 Å². The van der Waals surface area contributed by atoms with Crippen LogP contribution in [0.15, 0.2) is 47.3 Å². The van der Waals surface area contributed by atoms with Gasteiger partial charge in [-0.25, -0.2) is 0 Å². The van der Waals surface area contributed by atoms with E-state index in [0.717, 1.165) is 22.3 Å². The van der Waals surface area contributed by atoms with Gasteiger partial charge in [-0.3, -0.25) is 9.97 Å². The van der Waals surface area contributed by atoms with Gasteiger partial charge in [-0.15, -0.1) is 0 Å². The van der Waals surface area contributed by atoms with Gasteiger partial charge in [0.05, 0.1) is 12.8 Å². The van der Waals surface area contributed by atoms with Gasteiger partial charge in [0.2, 0.25) is 0 Å². The summed E-state index contributed by atoms with van der Waals surface area (Å²) in [6.07, 6.45) is 6.01. The van der Waals surface area contributed by atoms with Crippen molar-refractivity contribution in [2.75, 3.05) is 6.61 Å². The normalized spacial score (nSPS) is 10.1. The molecule has 0 radical (unpaired) electrons. The largest absolute Gasteiger partial charge is 0.492 e. The van der Waals surface area contributed by atoms with Gasteiger partial charge in [-0.2, -0.15) is 0 Å². The lowest BCUT2D eigenvalue weighted by atomic mass is 10.3. The predicted octanol–water partition coefficient (Wildman–Crippen LogP) is 2.86. The molecule has 2 aromatic rings. The van der Waals surface area contributed by atoms with E-state index in [0.29, 0.717) is 6.61 Å². The maximum Gasteiger partial charge on any atom is 0.137 e. The molecule has 82 valence electrons. The van der Waals surface area contributed by atoms with Crippen LogP contribution in [-0.4, -0.2) is 16.6 Å². The van der Waals surface area contributed by atoms with Gasteiger partial charge in [0.15, 0.2) is 0 Å². The first-order valence-electron chi connectivity index (χ1n) is 4.98. The molecule has 0 saturated heterocycles. The molecule has 0 aliphatic heterocycles. The summed E-state index contributed by atoms with van der Waals surface area (Å²) in [5, 5.41) is 0. The predicted molar refractivity (Wildman–Crippen MR) is 65.4 cm³/mol. The Bertz CT molecular complexity index is 431. The van der Waals surface area contributed by atoms with E-state index in [1.54, 1.807) is 18.6 Å². The molecule has 0 aliphatic carbocycles. The fourth-order valence-electron chi connectivity index (χ4n) is 1.26. The van der Waals surface area contributed by atoms with Crippen LogP contribution in [0.1, 0.15) is 5.69 Å². The first kappa shape index (κ1) is 11.1. The molecule has 2 rings (SSSR count). The second-order valence-corrected chi connectivity index (χ2v) is 4.17. The third-order valence-corrected chi connectivity index (χ3v) is 2.52. The van der Waals surface area contributed by atoms with E-state index in [1.165, 1.54) is 0 Å². The smallest absolute Gasteiger partial charge is 0.137 e. The highest BCUT2D eigenvalue weighted by atomic mass is 79.9. The van der Waals surface area contributed by atoms with Crippen LogP contribution < -0.4 is 4.74 Å². The van der Waals surface area contributed by atoms with E-state index >= 15 is 0 Å². The zero-order valence-corrected chi connectivity index (χ0v) is 10.2. The minimum atomic E-state index is 0.611. The molecule has 4 heteroatoms. The Morgan fingerprint density at radius 1 is 1.19 bits per heavy atom. The number of ether oxygens (including phenoxy) is 1. The van der Waals surface area contributed by atoms with Crippen molar-refractivity contribution in [1.29, 1.82) is 0 Å². The molecule has 0 aromatic carbocycles. The van der Waals surface area contributed by atoms with Crippen LogP contribution in [0.2, 0.25) is 0 Å². The van der Waals surface area contributed by atoms with Crippen LogP contribution in [0.25, 0.3) is 0 Å². The molecule has 0 aliphatic rings. The molecule has 0 unspecified atom stereocenters. The summed E-state index contributed by atoms with van der Waals surface area (Å²) in [5.74, 6) is 0.791. The van der Waals surface area contributed by atoms with Crippen molar-refractivity contribution in [3.63, 3.8) is 0 Å². The Hall–Kier alpha value is -1.42. The molecule has 0 spiro atoms. The van der Waals surface area contributed by atoms with E-state index in [-0.39, 0.29) is 0 Å². The lowest BCUT2D eigenvalue weighted by molar-refractivity contribution is 0.319. The quantitative estimate of drug-likeness (QED) is 0.863. The average Bonchev–Trinajstić information content (AvgIpc) is 2.33. The fraction of sp³-hybridized carbons (Fsp3) is 0.167. The Labute approximate surface area is 103 Å². The molecule has 0 bridgehead atoms. The molecule has 16 heavy (non-hydrogen) atoms. The summed E-state index contributed by atoms with van der Waals surface area (Å²) >= 11 is 3.35. The molecule has 3 nitrogen and oxygen atoms in total. The molecule has 0 N–H and O–H groups in total. The first-order valence-corrected chi connectivity index (χ1v) is 5.77. The Morgan fingerprint density at radius 2 is 2.12 bits per heavy atom. The fourth-order valence-corrected chi connectivity index (χ4v) is 1.49. The third kappa shape index (κ3) is 3.31. The SMILES string of the molecule is Brc1ccc(CCOc2cccnc2)nc1. The van der Waals surface area contributed by atoms with Crippen molar-refractivity contribution in [3.05, 3.63) is 53.0 Å². The van der Waals surface area contributed by atoms with Gasteiger partial charge in [0.1, 0.15) is 5.75 Å². The van der Waals surface area contributed by atoms with Gasteiger partial charge in [0.25, 0.3) is 0 Å². The van der Waals surface area contributed by atoms with Crippen LogP contribution in [0.5, 0.6) is 5.75 Å². The van der Waals surface area contributed by atoms with E-state index in [4.69, 9.17) is 4.74 Å². The lowest BCUT2D eigenvalue weighted by Crippen LogP contribution is -2.02. The molecule has 0 atom stereocenters. The summed E-state index contributed by atoms with van der Waals surface area (Å²) in [6.45, 7) is 0.611. The van der Waals surface area contributed by atoms with Crippen molar-refractivity contribution < 1.29 is 4.74 Å². The molecule has 0 fully saturated rings. The molecular weight excluding hydrogens is 268 g/mol. The van der Waals surface area contributed by atoms with Crippen molar-refractivity contribution in [1.82, 2.24) is 9.97 Å². The highest BCUT2D eigenvalue weighted by Gasteiger charge is 1.96. The van der Waals surface area contributed by atoms with E-state index in [1.807, 2.05) is 24.3 Å². The van der Waals surface area contributed by atoms with Crippen molar-refractivity contribution in [2.24, 2.45) is 0 Å². The Morgan fingerprint density at radius 3 is 2.81 bits per heavy atom. The van der Waals surface area contributed by atoms with Gasteiger partial charge in [-0.05, 0) is 40.2 Å². The summed E-state index contributed by atoms with van der Waals surface area (Å²) in [6, 6.07) is 7.71. The van der Waals surface area contributed by atoms with Crippen LogP contribution in [0.4, 0.5) is 0 Å². The highest BCUT2D eigenvalue weighted by molar-refractivity contribution is 9.10. The zero-order valence-electron chi connectivity index (χ0n) is 8.64. The number of hydrogen-bond donors (Lipinski definition) is 0. The van der Waals surface area contributed by atoms with Crippen LogP contribution in [-0.2, 0) is 6.42 Å². The van der Waals surface area contributed by atoms with Crippen molar-refractivity contribution in [3.8, 4) is 5.75 Å². The summed E-state index contributed by atoms with van der Waals surface area (Å²) in [4.78, 5) is 8.24. The summed E-state index contributed by atoms with van der Waals surface area (Å²) in [5.41, 5.74) is 1.02. The van der Waals surface area contributed by atoms with Gasteiger partial charge in [0, 0.05) is 29.0 Å². The number of rotatable bonds is 4. The van der Waals surface area contributed by atoms with E-state index < -0.39 is 0 Å². The van der Waals surface area contributed by atoms with Gasteiger partial charge >= 0.3 is 0 Å². The van der Waals surface area contributed by atoms with E-state index in [2.05, 4.69) is 25.9 Å². The number of pyridine rings is 2. The first-order chi connectivity index (χ1) is 7.84. The third-order valence-electron chi connectivity index (χ3n) is 2.05. The number of aromatic nitrogens is 2. The maximum atomic E-state index is 5.53. The molecule has 0 saturated carbocycles. The van der Waals surface area contributed by atoms with Crippen LogP contribution in [0.3, 0.4) is 0 Å². The number of halogens is 1. The summed E-state index contributed by atoms with van der Waals surface area (Å²) < 4.78 is 6.52. The van der Waals surface area contributed by atoms with E-state index in [9.17, 15) is 0 Å². The lowest BCUT2D eigenvalue weighted by Gasteiger charge is -2.04. The van der Waals surface area contributed by atoms with Crippen LogP contribution in [0, 0.1) is 0 Å². The Kier molecular flexibility index (Phi) is 3.88. The summed E-state index contributed by atoms with van der Waals surface area (Å²) in [7, 11) is 0. The molecule has 2 aromatic heterocycles. The number of nitrogens with zero attached hydrogens (tertiary/aromatic N) is 2. The minimum Gasteiger partial charge on any atom is -0.492 e. The van der Waals surface area contributed by atoms with Gasteiger partial charge in [-0.1, -0.05) is 0 Å². The maximum absolute atomic E-state index is 5.53. The average molecular weight is 279 g/mol. The number of hydrogen-bond acceptors (Lipinski definition) is 3.